The molecule has 0 spiro atoms. The van der Waals surface area contributed by atoms with Crippen LogP contribution in [0.1, 0.15) is 30.4 Å². The third-order valence-electron chi connectivity index (χ3n) is 7.14. The van der Waals surface area contributed by atoms with Crippen LogP contribution in [-0.4, -0.2) is 43.2 Å². The van der Waals surface area contributed by atoms with Gasteiger partial charge in [-0.05, 0) is 67.9 Å². The van der Waals surface area contributed by atoms with Gasteiger partial charge in [-0.1, -0.05) is 12.5 Å². The molecule has 226 valence electrons. The maximum atomic E-state index is 15.0. The van der Waals surface area contributed by atoms with E-state index in [1.165, 1.54) is 44.7 Å². The standard InChI is InChI=1S/C31H30F4N4O4/c1-41-28-16-22-26(17-29(28)42-2)36-11-10-27(22)43-21-8-9-25(24(32)15-21)38-30(40)37-20-7-6-19(23(14-20)31(33,34)35)18-39-12-4-3-5-13-39/h6-11,14-17H,3-5,12-13,18H2,1-2H3,(H2,37,38,40). The van der Waals surface area contributed by atoms with Crippen LogP contribution in [0.3, 0.4) is 0 Å². The van der Waals surface area contributed by atoms with Crippen molar-refractivity contribution in [3.05, 3.63) is 77.7 Å². The number of alkyl halides is 3. The number of aromatic nitrogens is 1. The van der Waals surface area contributed by atoms with Crippen molar-refractivity contribution in [3.8, 4) is 23.0 Å². The number of hydrogen-bond acceptors (Lipinski definition) is 6. The van der Waals surface area contributed by atoms with Crippen LogP contribution in [0, 0.1) is 5.82 Å². The molecule has 43 heavy (non-hydrogen) atoms. The monoisotopic (exact) mass is 598 g/mol. The van der Waals surface area contributed by atoms with E-state index in [0.29, 0.717) is 28.2 Å². The lowest BCUT2D eigenvalue weighted by Crippen LogP contribution is -2.30. The number of anilines is 2. The Balaban J connectivity index is 1.28. The number of piperidine rings is 1. The number of hydrogen-bond donors (Lipinski definition) is 2. The summed E-state index contributed by atoms with van der Waals surface area (Å²) in [5, 5.41) is 5.30. The van der Waals surface area contributed by atoms with Crippen LogP contribution in [0.15, 0.2) is 60.8 Å². The molecule has 8 nitrogen and oxygen atoms in total. The Hall–Kier alpha value is -4.58. The molecule has 2 amide bonds. The van der Waals surface area contributed by atoms with Crippen LogP contribution in [0.25, 0.3) is 10.9 Å². The molecule has 0 unspecified atom stereocenters. The Bertz CT molecular complexity index is 1620. The van der Waals surface area contributed by atoms with Gasteiger partial charge in [0.15, 0.2) is 11.5 Å². The van der Waals surface area contributed by atoms with E-state index < -0.39 is 23.6 Å². The zero-order valence-corrected chi connectivity index (χ0v) is 23.6. The van der Waals surface area contributed by atoms with Crippen LogP contribution < -0.4 is 24.8 Å². The zero-order chi connectivity index (χ0) is 30.6. The highest BCUT2D eigenvalue weighted by molar-refractivity contribution is 6.00. The molecule has 1 fully saturated rings. The quantitative estimate of drug-likeness (QED) is 0.201. The minimum absolute atomic E-state index is 0.0656. The molecule has 5 rings (SSSR count). The third-order valence-corrected chi connectivity index (χ3v) is 7.14. The summed E-state index contributed by atoms with van der Waals surface area (Å²) in [6.07, 6.45) is -0.0830. The molecule has 2 N–H and O–H groups in total. The molecule has 4 aromatic rings. The highest BCUT2D eigenvalue weighted by atomic mass is 19.4. The Morgan fingerprint density at radius 3 is 2.35 bits per heavy atom. The predicted octanol–water partition coefficient (Wildman–Crippen LogP) is 7.83. The Morgan fingerprint density at radius 2 is 1.65 bits per heavy atom. The molecule has 1 aliphatic heterocycles. The number of fused-ring (bicyclic) bond motifs is 1. The van der Waals surface area contributed by atoms with Crippen molar-refractivity contribution >= 4 is 28.3 Å². The third kappa shape index (κ3) is 7.08. The predicted molar refractivity (Wildman–Crippen MR) is 155 cm³/mol. The van der Waals surface area contributed by atoms with Crippen LogP contribution in [0.4, 0.5) is 33.7 Å². The number of amides is 2. The summed E-state index contributed by atoms with van der Waals surface area (Å²) >= 11 is 0. The summed E-state index contributed by atoms with van der Waals surface area (Å²) in [5.74, 6) is 0.669. The average Bonchev–Trinajstić information content (AvgIpc) is 2.98. The fraction of sp³-hybridized carbons (Fsp3) is 0.290. The van der Waals surface area contributed by atoms with Gasteiger partial charge in [-0.25, -0.2) is 9.18 Å². The number of benzene rings is 3. The summed E-state index contributed by atoms with van der Waals surface area (Å²) in [4.78, 5) is 18.9. The number of urea groups is 1. The molecule has 3 aromatic carbocycles. The zero-order valence-electron chi connectivity index (χ0n) is 23.6. The van der Waals surface area contributed by atoms with Crippen molar-refractivity contribution in [1.82, 2.24) is 9.88 Å². The van der Waals surface area contributed by atoms with Gasteiger partial charge < -0.3 is 24.8 Å². The number of nitrogens with one attached hydrogen (secondary N) is 2. The topological polar surface area (TPSA) is 85.0 Å². The number of ether oxygens (including phenoxy) is 3. The first-order valence-electron chi connectivity index (χ1n) is 13.6. The molecule has 0 aliphatic carbocycles. The van der Waals surface area contributed by atoms with Crippen LogP contribution in [-0.2, 0) is 12.7 Å². The average molecular weight is 599 g/mol. The summed E-state index contributed by atoms with van der Waals surface area (Å²) in [7, 11) is 3.01. The number of nitrogens with zero attached hydrogens (tertiary/aromatic N) is 2. The second-order valence-electron chi connectivity index (χ2n) is 10.1. The number of carbonyl (C=O) groups is 1. The van der Waals surface area contributed by atoms with Gasteiger partial charge in [0.05, 0.1) is 31.0 Å². The van der Waals surface area contributed by atoms with Crippen molar-refractivity contribution in [2.45, 2.75) is 32.0 Å². The fourth-order valence-corrected chi connectivity index (χ4v) is 5.02. The minimum Gasteiger partial charge on any atom is -0.493 e. The first-order chi connectivity index (χ1) is 20.6. The lowest BCUT2D eigenvalue weighted by Gasteiger charge is -2.27. The smallest absolute Gasteiger partial charge is 0.416 e. The maximum Gasteiger partial charge on any atom is 0.416 e. The molecular formula is C31H30F4N4O4. The van der Waals surface area contributed by atoms with Gasteiger partial charge in [-0.2, -0.15) is 13.2 Å². The van der Waals surface area contributed by atoms with E-state index in [9.17, 15) is 22.4 Å². The van der Waals surface area contributed by atoms with Gasteiger partial charge in [0, 0.05) is 35.9 Å². The Morgan fingerprint density at radius 1 is 0.907 bits per heavy atom. The van der Waals surface area contributed by atoms with Crippen LogP contribution >= 0.6 is 0 Å². The van der Waals surface area contributed by atoms with Crippen LogP contribution in [0.5, 0.6) is 23.0 Å². The lowest BCUT2D eigenvalue weighted by molar-refractivity contribution is -0.138. The second kappa shape index (κ2) is 12.7. The Kier molecular flexibility index (Phi) is 8.86. The lowest BCUT2D eigenvalue weighted by atomic mass is 10.0. The molecule has 1 saturated heterocycles. The van der Waals surface area contributed by atoms with E-state index in [-0.39, 0.29) is 29.2 Å². The number of pyridine rings is 1. The molecular weight excluding hydrogens is 568 g/mol. The SMILES string of the molecule is COc1cc2nccc(Oc3ccc(NC(=O)Nc4ccc(CN5CCCCC5)c(C(F)(F)F)c4)c(F)c3)c2cc1OC. The number of likely N-dealkylation sites (tertiary alicyclic amines) is 1. The van der Waals surface area contributed by atoms with Gasteiger partial charge in [0.2, 0.25) is 0 Å². The summed E-state index contributed by atoms with van der Waals surface area (Å²) in [5.41, 5.74) is -0.360. The normalized spacial score (nSPS) is 13.9. The number of carbonyl (C=O) groups excluding carboxylic acids is 1. The number of methoxy groups -OCH3 is 2. The van der Waals surface area contributed by atoms with E-state index >= 15 is 0 Å². The van der Waals surface area contributed by atoms with Gasteiger partial charge in [-0.15, -0.1) is 0 Å². The molecule has 0 bridgehead atoms. The number of halogens is 4. The summed E-state index contributed by atoms with van der Waals surface area (Å²) in [6.45, 7) is 1.68. The first-order valence-corrected chi connectivity index (χ1v) is 13.6. The largest absolute Gasteiger partial charge is 0.493 e. The van der Waals surface area contributed by atoms with Crippen molar-refractivity contribution in [2.75, 3.05) is 37.9 Å². The van der Waals surface area contributed by atoms with E-state index in [1.54, 1.807) is 18.2 Å². The van der Waals surface area contributed by atoms with Crippen molar-refractivity contribution in [2.24, 2.45) is 0 Å². The summed E-state index contributed by atoms with van der Waals surface area (Å²) < 4.78 is 73.1. The minimum atomic E-state index is -4.60. The molecule has 2 heterocycles. The van der Waals surface area contributed by atoms with Gasteiger partial charge in [-0.3, -0.25) is 9.88 Å². The van der Waals surface area contributed by atoms with Gasteiger partial charge in [0.25, 0.3) is 0 Å². The van der Waals surface area contributed by atoms with E-state index in [2.05, 4.69) is 15.6 Å². The molecule has 12 heteroatoms. The van der Waals surface area contributed by atoms with Gasteiger partial charge >= 0.3 is 12.2 Å². The maximum absolute atomic E-state index is 15.0. The summed E-state index contributed by atoms with van der Waals surface area (Å²) in [6, 6.07) is 11.6. The molecule has 0 atom stereocenters. The highest BCUT2D eigenvalue weighted by Gasteiger charge is 2.34. The molecule has 1 aromatic heterocycles. The van der Waals surface area contributed by atoms with Crippen LogP contribution in [0.2, 0.25) is 0 Å². The molecule has 0 saturated carbocycles. The van der Waals surface area contributed by atoms with E-state index in [0.717, 1.165) is 44.5 Å². The number of rotatable bonds is 8. The Labute approximate surface area is 245 Å². The van der Waals surface area contributed by atoms with Crippen molar-refractivity contribution in [1.29, 1.82) is 0 Å². The van der Waals surface area contributed by atoms with Crippen molar-refractivity contribution < 1.29 is 36.6 Å². The fourth-order valence-electron chi connectivity index (χ4n) is 5.02. The van der Waals surface area contributed by atoms with E-state index in [1.807, 2.05) is 4.90 Å². The first kappa shape index (κ1) is 29.9. The van der Waals surface area contributed by atoms with Crippen molar-refractivity contribution in [3.63, 3.8) is 0 Å². The highest BCUT2D eigenvalue weighted by Crippen LogP contribution is 2.38. The van der Waals surface area contributed by atoms with Gasteiger partial charge in [0.1, 0.15) is 17.3 Å². The molecule has 1 aliphatic rings. The van der Waals surface area contributed by atoms with E-state index in [4.69, 9.17) is 14.2 Å². The molecule has 0 radical (unpaired) electrons. The second-order valence-corrected chi connectivity index (χ2v) is 10.1.